The van der Waals surface area contributed by atoms with Crippen molar-refractivity contribution in [2.45, 2.75) is 32.6 Å². The summed E-state index contributed by atoms with van der Waals surface area (Å²) >= 11 is 6.68. The lowest BCUT2D eigenvalue weighted by Gasteiger charge is -2.32. The van der Waals surface area contributed by atoms with Crippen LogP contribution in [0.1, 0.15) is 37.6 Å². The Morgan fingerprint density at radius 3 is 2.56 bits per heavy atom. The van der Waals surface area contributed by atoms with E-state index in [0.717, 1.165) is 29.7 Å². The van der Waals surface area contributed by atoms with Crippen molar-refractivity contribution < 1.29 is 19.1 Å². The highest BCUT2D eigenvalue weighted by Crippen LogP contribution is 2.42. The molecule has 1 atom stereocenters. The molecule has 0 saturated carbocycles. The Morgan fingerprint density at radius 1 is 1.05 bits per heavy atom. The molecule has 0 radical (unpaired) electrons. The fourth-order valence-corrected chi connectivity index (χ4v) is 5.57. The maximum Gasteiger partial charge on any atom is 0.336 e. The largest absolute Gasteiger partial charge is 0.463 e. The van der Waals surface area contributed by atoms with Crippen LogP contribution in [0.3, 0.4) is 0 Å². The summed E-state index contributed by atoms with van der Waals surface area (Å²) < 4.78 is 13.7. The molecule has 10 heteroatoms. The maximum absolute atomic E-state index is 13.7. The van der Waals surface area contributed by atoms with E-state index in [4.69, 9.17) is 26.1 Å². The van der Waals surface area contributed by atoms with Crippen LogP contribution in [0.4, 0.5) is 5.82 Å². The Hall–Kier alpha value is -4.47. The minimum absolute atomic E-state index is 0.115. The standard InChI is InChI=1S/C33H34ClN5O4/c1-4-43-33(41)31-25(20-42-19-11-17-28-37-24-14-7-8-15-26(24)39(28)3)36-21(2)29(30(31)22-12-5-6-13-23(22)34)32(40)38-27-16-9-10-18-35-27/h5-10,12-16,18,30,36H,4,11,17,19-20H2,1-3H3,(H,35,38,40). The number of anilines is 1. The summed E-state index contributed by atoms with van der Waals surface area (Å²) in [6, 6.07) is 20.5. The Balaban J connectivity index is 1.40. The molecule has 0 fully saturated rings. The van der Waals surface area contributed by atoms with Crippen LogP contribution < -0.4 is 10.6 Å². The molecule has 1 unspecified atom stereocenters. The molecular formula is C33H34ClN5O4. The van der Waals surface area contributed by atoms with Crippen molar-refractivity contribution in [3.63, 3.8) is 0 Å². The summed E-state index contributed by atoms with van der Waals surface area (Å²) in [5, 5.41) is 6.55. The van der Waals surface area contributed by atoms with Crippen molar-refractivity contribution >= 4 is 40.3 Å². The minimum atomic E-state index is -0.795. The topological polar surface area (TPSA) is 107 Å². The molecule has 3 heterocycles. The number of pyridine rings is 1. The van der Waals surface area contributed by atoms with E-state index < -0.39 is 17.8 Å². The lowest BCUT2D eigenvalue weighted by molar-refractivity contribution is -0.138. The number of hydrogen-bond donors (Lipinski definition) is 2. The first-order chi connectivity index (χ1) is 20.9. The molecule has 43 heavy (non-hydrogen) atoms. The molecule has 9 nitrogen and oxygen atoms in total. The lowest BCUT2D eigenvalue weighted by atomic mass is 9.79. The third-order valence-corrected chi connectivity index (χ3v) is 7.67. The fourth-order valence-electron chi connectivity index (χ4n) is 5.33. The Kier molecular flexibility index (Phi) is 9.54. The van der Waals surface area contributed by atoms with Crippen molar-refractivity contribution in [3.05, 3.63) is 112 Å². The van der Waals surface area contributed by atoms with E-state index in [1.165, 1.54) is 0 Å². The van der Waals surface area contributed by atoms with Gasteiger partial charge in [-0.05, 0) is 56.2 Å². The highest BCUT2D eigenvalue weighted by molar-refractivity contribution is 6.31. The van der Waals surface area contributed by atoms with E-state index in [-0.39, 0.29) is 18.8 Å². The molecule has 0 bridgehead atoms. The molecular weight excluding hydrogens is 566 g/mol. The lowest BCUT2D eigenvalue weighted by Crippen LogP contribution is -2.36. The quantitative estimate of drug-likeness (QED) is 0.168. The summed E-state index contributed by atoms with van der Waals surface area (Å²) in [7, 11) is 2.01. The summed E-state index contributed by atoms with van der Waals surface area (Å²) in [5.74, 6) is -0.377. The summed E-state index contributed by atoms with van der Waals surface area (Å²) in [6.07, 6.45) is 3.07. The number of aryl methyl sites for hydroxylation is 2. The first-order valence-corrected chi connectivity index (χ1v) is 14.6. The number of imidazole rings is 1. The SMILES string of the molecule is CCOC(=O)C1=C(COCCCc2nc3ccccc3n2C)NC(C)=C(C(=O)Nc2ccccn2)C1c1ccccc1Cl. The van der Waals surface area contributed by atoms with E-state index in [1.807, 2.05) is 37.4 Å². The van der Waals surface area contributed by atoms with Crippen molar-refractivity contribution in [1.29, 1.82) is 0 Å². The van der Waals surface area contributed by atoms with Gasteiger partial charge in [0.05, 0.1) is 41.4 Å². The van der Waals surface area contributed by atoms with Gasteiger partial charge in [-0.15, -0.1) is 0 Å². The number of halogens is 1. The van der Waals surface area contributed by atoms with Gasteiger partial charge in [-0.3, -0.25) is 4.79 Å². The number of carbonyl (C=O) groups is 2. The van der Waals surface area contributed by atoms with Gasteiger partial charge in [0.15, 0.2) is 0 Å². The molecule has 0 spiro atoms. The number of carbonyl (C=O) groups excluding carboxylic acids is 2. The van der Waals surface area contributed by atoms with Gasteiger partial charge in [0.25, 0.3) is 5.91 Å². The summed E-state index contributed by atoms with van der Waals surface area (Å²) in [6.45, 7) is 4.26. The van der Waals surface area contributed by atoms with Gasteiger partial charge in [-0.1, -0.05) is 48.0 Å². The van der Waals surface area contributed by atoms with E-state index in [1.54, 1.807) is 50.4 Å². The smallest absolute Gasteiger partial charge is 0.336 e. The van der Waals surface area contributed by atoms with Gasteiger partial charge in [0.1, 0.15) is 11.6 Å². The average Bonchev–Trinajstić information content (AvgIpc) is 3.32. The highest BCUT2D eigenvalue weighted by Gasteiger charge is 2.39. The first kappa shape index (κ1) is 30.0. The number of rotatable bonds is 11. The molecule has 1 aliphatic heterocycles. The number of hydrogen-bond acceptors (Lipinski definition) is 7. The van der Waals surface area contributed by atoms with Crippen LogP contribution in [-0.2, 0) is 32.5 Å². The van der Waals surface area contributed by atoms with Gasteiger partial charge in [0.2, 0.25) is 0 Å². The second-order valence-electron chi connectivity index (χ2n) is 10.1. The third kappa shape index (κ3) is 6.63. The number of nitrogens with one attached hydrogen (secondary N) is 2. The van der Waals surface area contributed by atoms with Crippen molar-refractivity contribution in [2.24, 2.45) is 7.05 Å². The number of ether oxygens (including phenoxy) is 2. The second-order valence-corrected chi connectivity index (χ2v) is 10.5. The Labute approximate surface area is 255 Å². The van der Waals surface area contributed by atoms with Gasteiger partial charge in [-0.2, -0.15) is 0 Å². The van der Waals surface area contributed by atoms with Crippen molar-refractivity contribution in [3.8, 4) is 0 Å². The number of fused-ring (bicyclic) bond motifs is 1. The maximum atomic E-state index is 13.7. The Morgan fingerprint density at radius 2 is 1.81 bits per heavy atom. The van der Waals surface area contributed by atoms with Crippen LogP contribution in [-0.4, -0.2) is 46.2 Å². The number of aromatic nitrogens is 3. The van der Waals surface area contributed by atoms with Crippen LogP contribution >= 0.6 is 11.6 Å². The molecule has 2 aromatic carbocycles. The number of benzene rings is 2. The molecule has 2 N–H and O–H groups in total. The van der Waals surface area contributed by atoms with Gasteiger partial charge in [-0.25, -0.2) is 14.8 Å². The number of amides is 1. The molecule has 2 aromatic heterocycles. The van der Waals surface area contributed by atoms with Crippen LogP contribution in [0.2, 0.25) is 5.02 Å². The minimum Gasteiger partial charge on any atom is -0.463 e. The molecule has 0 aliphatic carbocycles. The summed E-state index contributed by atoms with van der Waals surface area (Å²) in [4.78, 5) is 36.2. The zero-order chi connectivity index (χ0) is 30.3. The Bertz CT molecular complexity index is 1700. The molecule has 0 saturated heterocycles. The molecule has 5 rings (SSSR count). The van der Waals surface area contributed by atoms with E-state index in [0.29, 0.717) is 40.0 Å². The van der Waals surface area contributed by atoms with E-state index >= 15 is 0 Å². The number of allylic oxidation sites excluding steroid dienone is 1. The van der Waals surface area contributed by atoms with Crippen LogP contribution in [0.5, 0.6) is 0 Å². The molecule has 1 aliphatic rings. The third-order valence-electron chi connectivity index (χ3n) is 7.32. The van der Waals surface area contributed by atoms with Crippen LogP contribution in [0, 0.1) is 0 Å². The molecule has 1 amide bonds. The first-order valence-electron chi connectivity index (χ1n) is 14.2. The number of esters is 1. The van der Waals surface area contributed by atoms with Crippen molar-refractivity contribution in [1.82, 2.24) is 19.9 Å². The zero-order valence-corrected chi connectivity index (χ0v) is 25.1. The summed E-state index contributed by atoms with van der Waals surface area (Å²) in [5.41, 5.74) is 4.38. The second kappa shape index (κ2) is 13.7. The van der Waals surface area contributed by atoms with Gasteiger partial charge in [0, 0.05) is 42.6 Å². The number of para-hydroxylation sites is 2. The highest BCUT2D eigenvalue weighted by atomic mass is 35.5. The van der Waals surface area contributed by atoms with Crippen LogP contribution in [0.15, 0.2) is 95.5 Å². The average molecular weight is 600 g/mol. The van der Waals surface area contributed by atoms with Gasteiger partial charge >= 0.3 is 5.97 Å². The molecule has 4 aromatic rings. The number of dihydropyridines is 1. The molecule has 222 valence electrons. The van der Waals surface area contributed by atoms with E-state index in [2.05, 4.69) is 26.3 Å². The van der Waals surface area contributed by atoms with Crippen molar-refractivity contribution in [2.75, 3.05) is 25.1 Å². The van der Waals surface area contributed by atoms with Gasteiger partial charge < -0.3 is 24.7 Å². The fraction of sp³-hybridized carbons (Fsp3) is 0.273. The zero-order valence-electron chi connectivity index (χ0n) is 24.4. The normalized spacial score (nSPS) is 15.0. The predicted octanol–water partition coefficient (Wildman–Crippen LogP) is 5.69. The predicted molar refractivity (Wildman–Crippen MR) is 166 cm³/mol. The van der Waals surface area contributed by atoms with E-state index in [9.17, 15) is 9.59 Å². The monoisotopic (exact) mass is 599 g/mol. The van der Waals surface area contributed by atoms with Crippen LogP contribution in [0.25, 0.3) is 11.0 Å². The number of nitrogens with zero attached hydrogens (tertiary/aromatic N) is 3.